The molecule has 0 aliphatic rings. The highest BCUT2D eigenvalue weighted by Gasteiger charge is 2.30. The number of alkyl halides is 3. The van der Waals surface area contributed by atoms with Crippen LogP contribution in [0, 0.1) is 11.3 Å². The van der Waals surface area contributed by atoms with Crippen molar-refractivity contribution in [3.63, 3.8) is 0 Å². The van der Waals surface area contributed by atoms with Gasteiger partial charge < -0.3 is 4.57 Å². The van der Waals surface area contributed by atoms with Crippen LogP contribution in [0.5, 0.6) is 0 Å². The molecule has 3 nitrogen and oxygen atoms in total. The Morgan fingerprint density at radius 2 is 2.10 bits per heavy atom. The highest BCUT2D eigenvalue weighted by Crippen LogP contribution is 2.29. The van der Waals surface area contributed by atoms with Crippen LogP contribution in [0.2, 0.25) is 0 Å². The molecule has 0 aliphatic heterocycles. The standard InChI is InChI=1S/C14H9F3N2OS/c1-19-12(5-6-18)21-11(13(19)20)8-9-3-2-4-10(7-9)14(15,16)17/h2-5,7-8H,1H3/b11-8+,12-5-. The van der Waals surface area contributed by atoms with E-state index in [1.165, 1.54) is 35.9 Å². The molecule has 0 atom stereocenters. The molecule has 0 fully saturated rings. The predicted molar refractivity (Wildman–Crippen MR) is 73.9 cm³/mol. The number of benzene rings is 1. The smallest absolute Gasteiger partial charge is 0.301 e. The Balaban J connectivity index is 2.62. The molecule has 2 aromatic rings. The Bertz CT molecular complexity index is 885. The minimum absolute atomic E-state index is 0.276. The van der Waals surface area contributed by atoms with Gasteiger partial charge in [-0.3, -0.25) is 4.79 Å². The normalized spacial score (nSPS) is 13.5. The molecule has 108 valence electrons. The lowest BCUT2D eigenvalue weighted by atomic mass is 10.1. The van der Waals surface area contributed by atoms with Gasteiger partial charge in [0.05, 0.1) is 16.2 Å². The second-order valence-electron chi connectivity index (χ2n) is 4.21. The molecule has 0 spiro atoms. The van der Waals surface area contributed by atoms with E-state index < -0.39 is 11.7 Å². The van der Waals surface area contributed by atoms with Crippen molar-refractivity contribution >= 4 is 23.5 Å². The first-order valence-corrected chi connectivity index (χ1v) is 6.59. The molecular formula is C14H9F3N2OS. The molecule has 0 aliphatic carbocycles. The van der Waals surface area contributed by atoms with E-state index in [-0.39, 0.29) is 15.7 Å². The van der Waals surface area contributed by atoms with Crippen LogP contribution in [0.15, 0.2) is 29.1 Å². The van der Waals surface area contributed by atoms with Crippen LogP contribution in [0.4, 0.5) is 13.2 Å². The lowest BCUT2D eigenvalue weighted by molar-refractivity contribution is -0.137. The van der Waals surface area contributed by atoms with E-state index in [9.17, 15) is 18.0 Å². The third-order valence-corrected chi connectivity index (χ3v) is 3.87. The van der Waals surface area contributed by atoms with E-state index in [1.54, 1.807) is 0 Å². The van der Waals surface area contributed by atoms with Crippen LogP contribution in [0.3, 0.4) is 0 Å². The van der Waals surface area contributed by atoms with Gasteiger partial charge in [0.15, 0.2) is 0 Å². The molecule has 21 heavy (non-hydrogen) atoms. The molecule has 0 unspecified atom stereocenters. The fourth-order valence-electron chi connectivity index (χ4n) is 1.72. The molecule has 2 rings (SSSR count). The summed E-state index contributed by atoms with van der Waals surface area (Å²) < 4.78 is 39.9. The zero-order valence-electron chi connectivity index (χ0n) is 10.8. The molecule has 0 N–H and O–H groups in total. The number of nitriles is 1. The van der Waals surface area contributed by atoms with E-state index in [4.69, 9.17) is 5.26 Å². The number of rotatable bonds is 1. The summed E-state index contributed by atoms with van der Waals surface area (Å²) in [6, 6.07) is 6.55. The van der Waals surface area contributed by atoms with Crippen molar-refractivity contribution in [2.45, 2.75) is 6.18 Å². The van der Waals surface area contributed by atoms with Crippen molar-refractivity contribution in [3.8, 4) is 6.07 Å². The van der Waals surface area contributed by atoms with E-state index >= 15 is 0 Å². The number of thiazole rings is 1. The van der Waals surface area contributed by atoms with Crippen LogP contribution in [0.25, 0.3) is 12.2 Å². The van der Waals surface area contributed by atoms with Gasteiger partial charge in [-0.1, -0.05) is 12.1 Å². The SMILES string of the molecule is Cn1c(=O)/c(=C\c2cccc(C(F)(F)F)c2)s/c1=C\C#N. The average Bonchev–Trinajstić information content (AvgIpc) is 2.67. The van der Waals surface area contributed by atoms with Gasteiger partial charge in [-0.15, -0.1) is 11.3 Å². The van der Waals surface area contributed by atoms with Crippen LogP contribution in [-0.4, -0.2) is 4.57 Å². The summed E-state index contributed by atoms with van der Waals surface area (Å²) in [5.74, 6) is 0. The predicted octanol–water partition coefficient (Wildman–Crippen LogP) is 1.60. The van der Waals surface area contributed by atoms with E-state index in [0.717, 1.165) is 23.5 Å². The van der Waals surface area contributed by atoms with Crippen LogP contribution in [0.1, 0.15) is 11.1 Å². The Labute approximate surface area is 121 Å². The van der Waals surface area contributed by atoms with Crippen LogP contribution >= 0.6 is 11.3 Å². The summed E-state index contributed by atoms with van der Waals surface area (Å²) >= 11 is 1.05. The molecular weight excluding hydrogens is 301 g/mol. The fourth-order valence-corrected chi connectivity index (χ4v) is 2.70. The summed E-state index contributed by atoms with van der Waals surface area (Å²) in [5, 5.41) is 8.61. The summed E-state index contributed by atoms with van der Waals surface area (Å²) in [4.78, 5) is 11.9. The minimum Gasteiger partial charge on any atom is -0.301 e. The molecule has 1 aromatic carbocycles. The first-order valence-electron chi connectivity index (χ1n) is 5.77. The zero-order chi connectivity index (χ0) is 15.6. The highest BCUT2D eigenvalue weighted by atomic mass is 32.1. The monoisotopic (exact) mass is 310 g/mol. The summed E-state index contributed by atoms with van der Waals surface area (Å²) in [5.41, 5.74) is -0.834. The first kappa shape index (κ1) is 15.1. The summed E-state index contributed by atoms with van der Waals surface area (Å²) in [6.45, 7) is 0. The second-order valence-corrected chi connectivity index (χ2v) is 5.27. The molecule has 1 aromatic heterocycles. The number of aromatic nitrogens is 1. The lowest BCUT2D eigenvalue weighted by Crippen LogP contribution is -2.28. The third-order valence-electron chi connectivity index (χ3n) is 2.76. The molecule has 0 saturated carbocycles. The van der Waals surface area contributed by atoms with Crippen molar-refractivity contribution in [1.82, 2.24) is 4.57 Å². The molecule has 0 saturated heterocycles. The first-order chi connectivity index (χ1) is 9.82. The lowest BCUT2D eigenvalue weighted by Gasteiger charge is -2.06. The van der Waals surface area contributed by atoms with Gasteiger partial charge in [0, 0.05) is 13.1 Å². The van der Waals surface area contributed by atoms with Gasteiger partial charge in [0.1, 0.15) is 4.66 Å². The van der Waals surface area contributed by atoms with Crippen molar-refractivity contribution in [2.24, 2.45) is 7.05 Å². The van der Waals surface area contributed by atoms with E-state index in [2.05, 4.69) is 0 Å². The Morgan fingerprint density at radius 1 is 1.38 bits per heavy atom. The molecule has 1 heterocycles. The van der Waals surface area contributed by atoms with Gasteiger partial charge >= 0.3 is 6.18 Å². The maximum Gasteiger partial charge on any atom is 0.416 e. The van der Waals surface area contributed by atoms with Gasteiger partial charge in [0.2, 0.25) is 0 Å². The fraction of sp³-hybridized carbons (Fsp3) is 0.143. The van der Waals surface area contributed by atoms with Crippen molar-refractivity contribution in [2.75, 3.05) is 0 Å². The quantitative estimate of drug-likeness (QED) is 0.803. The van der Waals surface area contributed by atoms with Crippen LogP contribution in [-0.2, 0) is 13.2 Å². The molecule has 7 heteroatoms. The van der Waals surface area contributed by atoms with E-state index in [1.807, 2.05) is 6.07 Å². The largest absolute Gasteiger partial charge is 0.416 e. The molecule has 0 bridgehead atoms. The highest BCUT2D eigenvalue weighted by molar-refractivity contribution is 7.07. The van der Waals surface area contributed by atoms with Gasteiger partial charge in [-0.2, -0.15) is 18.4 Å². The Hall–Kier alpha value is -2.33. The van der Waals surface area contributed by atoms with Crippen LogP contribution < -0.4 is 14.8 Å². The maximum atomic E-state index is 12.6. The van der Waals surface area contributed by atoms with Gasteiger partial charge in [0.25, 0.3) is 5.56 Å². The van der Waals surface area contributed by atoms with Crippen molar-refractivity contribution in [1.29, 1.82) is 5.26 Å². The Morgan fingerprint density at radius 3 is 2.71 bits per heavy atom. The third kappa shape index (κ3) is 3.23. The van der Waals surface area contributed by atoms with Gasteiger partial charge in [-0.25, -0.2) is 0 Å². The topological polar surface area (TPSA) is 45.8 Å². The Kier molecular flexibility index (Phi) is 4.00. The maximum absolute atomic E-state index is 12.6. The zero-order valence-corrected chi connectivity index (χ0v) is 11.6. The second kappa shape index (κ2) is 5.58. The minimum atomic E-state index is -4.43. The van der Waals surface area contributed by atoms with Crippen molar-refractivity contribution < 1.29 is 13.2 Å². The number of nitrogens with zero attached hydrogens (tertiary/aromatic N) is 2. The number of halogens is 3. The number of hydrogen-bond acceptors (Lipinski definition) is 3. The van der Waals surface area contributed by atoms with Gasteiger partial charge in [-0.05, 0) is 23.8 Å². The van der Waals surface area contributed by atoms with E-state index in [0.29, 0.717) is 4.66 Å². The number of hydrogen-bond donors (Lipinski definition) is 0. The summed E-state index contributed by atoms with van der Waals surface area (Å²) in [6.07, 6.45) is -1.82. The average molecular weight is 310 g/mol. The van der Waals surface area contributed by atoms with Crippen molar-refractivity contribution in [3.05, 3.63) is 54.9 Å². The summed E-state index contributed by atoms with van der Waals surface area (Å²) in [7, 11) is 1.51. The molecule has 0 radical (unpaired) electrons. The molecule has 0 amide bonds.